The second-order valence-corrected chi connectivity index (χ2v) is 7.71. The molecule has 4 atom stereocenters. The molecule has 0 aliphatic carbocycles. The Labute approximate surface area is 152 Å². The van der Waals surface area contributed by atoms with Crippen LogP contribution >= 0.6 is 0 Å². The Kier molecular flexibility index (Phi) is 7.91. The van der Waals surface area contributed by atoms with E-state index in [1.807, 2.05) is 13.0 Å². The van der Waals surface area contributed by atoms with Gasteiger partial charge in [-0.3, -0.25) is 4.79 Å². The zero-order chi connectivity index (χ0) is 18.2. The zero-order valence-corrected chi connectivity index (χ0v) is 15.8. The maximum atomic E-state index is 12.1. The third kappa shape index (κ3) is 6.44. The standard InChI is InChI=1S/C21H33NO3/c1-15(2)9-11-18-13-24-14-20(22)21(23)25-16(3)19(18)12-10-17-7-5-4-6-8-17/h4-8,15-16,18-20H,9-14,22H2,1-3H3/t16-,18-,19-,20-/m0/s1. The number of rotatable bonds is 6. The minimum Gasteiger partial charge on any atom is -0.461 e. The number of benzene rings is 1. The highest BCUT2D eigenvalue weighted by Gasteiger charge is 2.32. The number of esters is 1. The number of hydrogen-bond acceptors (Lipinski definition) is 4. The number of ether oxygens (including phenoxy) is 2. The number of carbonyl (C=O) groups is 1. The molecule has 140 valence electrons. The van der Waals surface area contributed by atoms with E-state index in [-0.39, 0.29) is 24.6 Å². The molecule has 2 rings (SSSR count). The molecule has 1 saturated heterocycles. The minimum absolute atomic E-state index is 0.138. The molecule has 0 radical (unpaired) electrons. The summed E-state index contributed by atoms with van der Waals surface area (Å²) in [7, 11) is 0. The monoisotopic (exact) mass is 347 g/mol. The lowest BCUT2D eigenvalue weighted by Crippen LogP contribution is -2.38. The van der Waals surface area contributed by atoms with Gasteiger partial charge in [-0.1, -0.05) is 50.6 Å². The van der Waals surface area contributed by atoms with Gasteiger partial charge in [0.15, 0.2) is 0 Å². The van der Waals surface area contributed by atoms with Crippen molar-refractivity contribution < 1.29 is 14.3 Å². The molecule has 0 spiro atoms. The van der Waals surface area contributed by atoms with E-state index in [0.717, 1.165) is 25.7 Å². The molecule has 25 heavy (non-hydrogen) atoms. The summed E-state index contributed by atoms with van der Waals surface area (Å²) in [6.45, 7) is 7.40. The van der Waals surface area contributed by atoms with E-state index in [1.165, 1.54) is 5.56 Å². The summed E-state index contributed by atoms with van der Waals surface area (Å²) in [5.74, 6) is 0.983. The van der Waals surface area contributed by atoms with Crippen LogP contribution in [0.4, 0.5) is 0 Å². The van der Waals surface area contributed by atoms with Crippen LogP contribution in [0.5, 0.6) is 0 Å². The summed E-state index contributed by atoms with van der Waals surface area (Å²) in [6.07, 6.45) is 4.08. The van der Waals surface area contributed by atoms with Crippen LogP contribution in [-0.2, 0) is 20.7 Å². The Bertz CT molecular complexity index is 517. The van der Waals surface area contributed by atoms with Crippen molar-refractivity contribution in [3.63, 3.8) is 0 Å². The van der Waals surface area contributed by atoms with Crippen LogP contribution in [0.3, 0.4) is 0 Å². The van der Waals surface area contributed by atoms with E-state index in [0.29, 0.717) is 18.4 Å². The maximum absolute atomic E-state index is 12.1. The molecule has 1 aromatic carbocycles. The van der Waals surface area contributed by atoms with Gasteiger partial charge in [0.2, 0.25) is 0 Å². The number of carbonyl (C=O) groups excluding carboxylic acids is 1. The first-order valence-corrected chi connectivity index (χ1v) is 9.55. The van der Waals surface area contributed by atoms with Crippen LogP contribution < -0.4 is 5.73 Å². The third-order valence-corrected chi connectivity index (χ3v) is 5.17. The van der Waals surface area contributed by atoms with Gasteiger partial charge in [-0.05, 0) is 43.6 Å². The van der Waals surface area contributed by atoms with Crippen LogP contribution in [-0.4, -0.2) is 31.3 Å². The molecule has 0 amide bonds. The van der Waals surface area contributed by atoms with Crippen molar-refractivity contribution in [2.75, 3.05) is 13.2 Å². The lowest BCUT2D eigenvalue weighted by molar-refractivity contribution is -0.153. The second-order valence-electron chi connectivity index (χ2n) is 7.71. The smallest absolute Gasteiger partial charge is 0.325 e. The zero-order valence-electron chi connectivity index (χ0n) is 15.8. The van der Waals surface area contributed by atoms with E-state index in [9.17, 15) is 4.79 Å². The lowest BCUT2D eigenvalue weighted by atomic mass is 9.80. The molecule has 1 aromatic rings. The molecule has 4 heteroatoms. The van der Waals surface area contributed by atoms with Gasteiger partial charge in [-0.15, -0.1) is 0 Å². The van der Waals surface area contributed by atoms with Gasteiger partial charge in [-0.2, -0.15) is 0 Å². The van der Waals surface area contributed by atoms with Crippen molar-refractivity contribution in [2.24, 2.45) is 23.5 Å². The first kappa shape index (κ1) is 19.9. The van der Waals surface area contributed by atoms with Crippen LogP contribution in [0, 0.1) is 17.8 Å². The Morgan fingerprint density at radius 3 is 2.56 bits per heavy atom. The Balaban J connectivity index is 2.10. The Hall–Kier alpha value is -1.39. The van der Waals surface area contributed by atoms with E-state index in [1.54, 1.807) is 0 Å². The summed E-state index contributed by atoms with van der Waals surface area (Å²) in [4.78, 5) is 12.1. The first-order valence-electron chi connectivity index (χ1n) is 9.55. The average molecular weight is 347 g/mol. The van der Waals surface area contributed by atoms with E-state index in [2.05, 4.69) is 38.1 Å². The molecule has 0 bridgehead atoms. The molecular formula is C21H33NO3. The number of nitrogens with two attached hydrogens (primary N) is 1. The highest BCUT2D eigenvalue weighted by atomic mass is 16.5. The van der Waals surface area contributed by atoms with Gasteiger partial charge in [0.1, 0.15) is 12.1 Å². The summed E-state index contributed by atoms with van der Waals surface area (Å²) in [5.41, 5.74) is 7.18. The van der Waals surface area contributed by atoms with Gasteiger partial charge in [0.05, 0.1) is 6.61 Å². The fourth-order valence-corrected chi connectivity index (χ4v) is 3.57. The van der Waals surface area contributed by atoms with Crippen LogP contribution in [0.25, 0.3) is 0 Å². The lowest BCUT2D eigenvalue weighted by Gasteiger charge is -2.31. The normalized spacial score (nSPS) is 28.1. The van der Waals surface area contributed by atoms with Crippen LogP contribution in [0.1, 0.15) is 45.6 Å². The second kappa shape index (κ2) is 9.93. The molecule has 1 heterocycles. The molecule has 0 saturated carbocycles. The minimum atomic E-state index is -0.680. The Morgan fingerprint density at radius 2 is 1.88 bits per heavy atom. The highest BCUT2D eigenvalue weighted by Crippen LogP contribution is 2.30. The average Bonchev–Trinajstić information content (AvgIpc) is 2.63. The fraction of sp³-hybridized carbons (Fsp3) is 0.667. The number of hydrogen-bond donors (Lipinski definition) is 1. The Morgan fingerprint density at radius 1 is 1.16 bits per heavy atom. The van der Waals surface area contributed by atoms with Gasteiger partial charge in [-0.25, -0.2) is 0 Å². The molecular weight excluding hydrogens is 314 g/mol. The molecule has 0 unspecified atom stereocenters. The van der Waals surface area contributed by atoms with Crippen molar-refractivity contribution in [2.45, 2.75) is 58.6 Å². The van der Waals surface area contributed by atoms with Crippen LogP contribution in [0.15, 0.2) is 30.3 Å². The number of cyclic esters (lactones) is 1. The quantitative estimate of drug-likeness (QED) is 0.799. The third-order valence-electron chi connectivity index (χ3n) is 5.17. The van der Waals surface area contributed by atoms with E-state index < -0.39 is 6.04 Å². The summed E-state index contributed by atoms with van der Waals surface area (Å²) in [6, 6.07) is 9.80. The van der Waals surface area contributed by atoms with E-state index in [4.69, 9.17) is 15.2 Å². The van der Waals surface area contributed by atoms with Crippen molar-refractivity contribution in [3.8, 4) is 0 Å². The highest BCUT2D eigenvalue weighted by molar-refractivity contribution is 5.75. The molecule has 1 aliphatic heterocycles. The van der Waals surface area contributed by atoms with Crippen molar-refractivity contribution >= 4 is 5.97 Å². The molecule has 1 aliphatic rings. The molecule has 1 fully saturated rings. The van der Waals surface area contributed by atoms with Gasteiger partial charge >= 0.3 is 5.97 Å². The maximum Gasteiger partial charge on any atom is 0.325 e. The fourth-order valence-electron chi connectivity index (χ4n) is 3.57. The number of aryl methyl sites for hydroxylation is 1. The van der Waals surface area contributed by atoms with Gasteiger partial charge in [0.25, 0.3) is 0 Å². The van der Waals surface area contributed by atoms with Crippen molar-refractivity contribution in [1.29, 1.82) is 0 Å². The largest absolute Gasteiger partial charge is 0.461 e. The van der Waals surface area contributed by atoms with Crippen LogP contribution in [0.2, 0.25) is 0 Å². The molecule has 4 nitrogen and oxygen atoms in total. The summed E-state index contributed by atoms with van der Waals surface area (Å²) >= 11 is 0. The summed E-state index contributed by atoms with van der Waals surface area (Å²) < 4.78 is 11.5. The predicted molar refractivity (Wildman–Crippen MR) is 100 cm³/mol. The predicted octanol–water partition coefficient (Wildman–Crippen LogP) is 3.58. The SMILES string of the molecule is CC(C)CC[C@H]1COC[C@H](N)C(=O)O[C@@H](C)[C@@H]1CCc1ccccc1. The summed E-state index contributed by atoms with van der Waals surface area (Å²) in [5, 5.41) is 0. The van der Waals surface area contributed by atoms with Gasteiger partial charge in [0, 0.05) is 12.5 Å². The topological polar surface area (TPSA) is 61.5 Å². The van der Waals surface area contributed by atoms with Crippen molar-refractivity contribution in [1.82, 2.24) is 0 Å². The first-order chi connectivity index (χ1) is 12.0. The molecule has 2 N–H and O–H groups in total. The molecule has 0 aromatic heterocycles. The van der Waals surface area contributed by atoms with Gasteiger partial charge < -0.3 is 15.2 Å². The van der Waals surface area contributed by atoms with E-state index >= 15 is 0 Å². The van der Waals surface area contributed by atoms with Crippen molar-refractivity contribution in [3.05, 3.63) is 35.9 Å².